The standard InChI is InChI=1S/C16H29N5O2/c1-11(2)13(14-17-12(3)19-23-14)18-15(22)21(6)10-16(20(4)5)8-7-9-16/h11,13H,7-10H2,1-6H3,(H,18,22)/t13-/m1/s1. The predicted octanol–water partition coefficient (Wildman–Crippen LogP) is 2.20. The van der Waals surface area contributed by atoms with E-state index in [1.165, 1.54) is 6.42 Å². The lowest BCUT2D eigenvalue weighted by Gasteiger charge is -2.49. The van der Waals surface area contributed by atoms with Gasteiger partial charge in [0.25, 0.3) is 0 Å². The van der Waals surface area contributed by atoms with Gasteiger partial charge in [-0.25, -0.2) is 4.79 Å². The summed E-state index contributed by atoms with van der Waals surface area (Å²) in [6, 6.07) is -0.379. The van der Waals surface area contributed by atoms with Gasteiger partial charge in [0, 0.05) is 19.1 Å². The molecule has 0 spiro atoms. The summed E-state index contributed by atoms with van der Waals surface area (Å²) in [5.74, 6) is 1.21. The minimum absolute atomic E-state index is 0.104. The summed E-state index contributed by atoms with van der Waals surface area (Å²) in [6.07, 6.45) is 3.49. The highest BCUT2D eigenvalue weighted by Crippen LogP contribution is 2.36. The third-order valence-corrected chi connectivity index (χ3v) is 4.87. The molecule has 1 fully saturated rings. The molecule has 1 aromatic rings. The number of carbonyl (C=O) groups excluding carboxylic acids is 1. The Morgan fingerprint density at radius 1 is 1.35 bits per heavy atom. The van der Waals surface area contributed by atoms with Crippen molar-refractivity contribution in [2.45, 2.75) is 51.6 Å². The van der Waals surface area contributed by atoms with Gasteiger partial charge in [-0.2, -0.15) is 4.98 Å². The second kappa shape index (κ2) is 6.86. The van der Waals surface area contributed by atoms with Crippen molar-refractivity contribution in [3.63, 3.8) is 0 Å². The average molecular weight is 323 g/mol. The number of carbonyl (C=O) groups is 1. The van der Waals surface area contributed by atoms with E-state index in [9.17, 15) is 4.79 Å². The number of hydrogen-bond acceptors (Lipinski definition) is 5. The van der Waals surface area contributed by atoms with Crippen molar-refractivity contribution >= 4 is 6.03 Å². The van der Waals surface area contributed by atoms with Crippen LogP contribution in [0.25, 0.3) is 0 Å². The molecule has 0 aliphatic heterocycles. The largest absolute Gasteiger partial charge is 0.337 e. The van der Waals surface area contributed by atoms with E-state index < -0.39 is 0 Å². The fraction of sp³-hybridized carbons (Fsp3) is 0.812. The van der Waals surface area contributed by atoms with Crippen LogP contribution in [-0.4, -0.2) is 59.2 Å². The molecular weight excluding hydrogens is 294 g/mol. The first kappa shape index (κ1) is 17.7. The third kappa shape index (κ3) is 3.83. The van der Waals surface area contributed by atoms with E-state index in [-0.39, 0.29) is 23.5 Å². The fourth-order valence-corrected chi connectivity index (χ4v) is 3.04. The van der Waals surface area contributed by atoms with E-state index in [4.69, 9.17) is 4.52 Å². The number of amides is 2. The minimum Gasteiger partial charge on any atom is -0.337 e. The summed E-state index contributed by atoms with van der Waals surface area (Å²) < 4.78 is 5.24. The zero-order valence-corrected chi connectivity index (χ0v) is 15.1. The van der Waals surface area contributed by atoms with Crippen molar-refractivity contribution < 1.29 is 9.32 Å². The van der Waals surface area contributed by atoms with Gasteiger partial charge in [0.05, 0.1) is 0 Å². The predicted molar refractivity (Wildman–Crippen MR) is 88.0 cm³/mol. The summed E-state index contributed by atoms with van der Waals surface area (Å²) in [6.45, 7) is 6.55. The van der Waals surface area contributed by atoms with Crippen molar-refractivity contribution in [3.8, 4) is 0 Å². The third-order valence-electron chi connectivity index (χ3n) is 4.87. The van der Waals surface area contributed by atoms with Crippen LogP contribution in [0, 0.1) is 12.8 Å². The van der Waals surface area contributed by atoms with Crippen LogP contribution in [0.3, 0.4) is 0 Å². The molecule has 1 atom stereocenters. The molecule has 1 heterocycles. The monoisotopic (exact) mass is 323 g/mol. The van der Waals surface area contributed by atoms with Crippen molar-refractivity contribution in [1.29, 1.82) is 0 Å². The number of hydrogen-bond donors (Lipinski definition) is 1. The van der Waals surface area contributed by atoms with E-state index in [1.54, 1.807) is 11.8 Å². The summed E-state index contributed by atoms with van der Waals surface area (Å²) in [7, 11) is 6.02. The van der Waals surface area contributed by atoms with E-state index >= 15 is 0 Å². The first-order valence-corrected chi connectivity index (χ1v) is 8.24. The lowest BCUT2D eigenvalue weighted by Crippen LogP contribution is -2.58. The molecule has 1 N–H and O–H groups in total. The molecule has 0 radical (unpaired) electrons. The number of nitrogens with one attached hydrogen (secondary N) is 1. The maximum absolute atomic E-state index is 12.6. The van der Waals surface area contributed by atoms with Crippen LogP contribution in [0.2, 0.25) is 0 Å². The maximum atomic E-state index is 12.6. The highest BCUT2D eigenvalue weighted by Gasteiger charge is 2.41. The van der Waals surface area contributed by atoms with Crippen LogP contribution in [0.4, 0.5) is 4.79 Å². The second-order valence-electron chi connectivity index (χ2n) is 7.18. The van der Waals surface area contributed by atoms with Crippen molar-refractivity contribution in [3.05, 3.63) is 11.7 Å². The second-order valence-corrected chi connectivity index (χ2v) is 7.18. The molecule has 23 heavy (non-hydrogen) atoms. The Kier molecular flexibility index (Phi) is 5.29. The lowest BCUT2D eigenvalue weighted by atomic mass is 9.75. The molecule has 7 heteroatoms. The Balaban J connectivity index is 2.01. The topological polar surface area (TPSA) is 74.5 Å². The first-order valence-electron chi connectivity index (χ1n) is 8.24. The van der Waals surface area contributed by atoms with Gasteiger partial charge < -0.3 is 19.6 Å². The summed E-state index contributed by atoms with van der Waals surface area (Å²) >= 11 is 0. The first-order chi connectivity index (χ1) is 10.7. The Labute approximate surface area is 138 Å². The van der Waals surface area contributed by atoms with Crippen LogP contribution in [0.1, 0.15) is 50.9 Å². The zero-order valence-electron chi connectivity index (χ0n) is 15.1. The Morgan fingerprint density at radius 2 is 2.00 bits per heavy atom. The van der Waals surface area contributed by atoms with E-state index in [1.807, 2.05) is 20.9 Å². The van der Waals surface area contributed by atoms with Crippen LogP contribution in [0.5, 0.6) is 0 Å². The molecule has 1 aromatic heterocycles. The van der Waals surface area contributed by atoms with Gasteiger partial charge in [0.2, 0.25) is 5.89 Å². The molecule has 130 valence electrons. The number of aryl methyl sites for hydroxylation is 1. The quantitative estimate of drug-likeness (QED) is 0.868. The molecule has 2 rings (SSSR count). The molecule has 1 aliphatic rings. The SMILES string of the molecule is Cc1noc([C@H](NC(=O)N(C)CC2(N(C)C)CCC2)C(C)C)n1. The molecule has 0 aromatic carbocycles. The van der Waals surface area contributed by atoms with Crippen LogP contribution in [-0.2, 0) is 0 Å². The number of urea groups is 1. The van der Waals surface area contributed by atoms with Gasteiger partial charge in [-0.05, 0) is 46.2 Å². The van der Waals surface area contributed by atoms with Crippen molar-refractivity contribution in [2.24, 2.45) is 5.92 Å². The zero-order chi connectivity index (χ0) is 17.2. The highest BCUT2D eigenvalue weighted by molar-refractivity contribution is 5.74. The van der Waals surface area contributed by atoms with E-state index in [0.29, 0.717) is 11.7 Å². The van der Waals surface area contributed by atoms with Gasteiger partial charge in [-0.3, -0.25) is 0 Å². The molecule has 1 saturated carbocycles. The molecule has 0 bridgehead atoms. The molecule has 2 amide bonds. The van der Waals surface area contributed by atoms with Gasteiger partial charge in [-0.1, -0.05) is 19.0 Å². The number of aromatic nitrogens is 2. The number of nitrogens with zero attached hydrogens (tertiary/aromatic N) is 4. The highest BCUT2D eigenvalue weighted by atomic mass is 16.5. The van der Waals surface area contributed by atoms with Crippen LogP contribution in [0.15, 0.2) is 4.52 Å². The Bertz CT molecular complexity index is 536. The molecule has 0 unspecified atom stereocenters. The van der Waals surface area contributed by atoms with Crippen molar-refractivity contribution in [2.75, 3.05) is 27.7 Å². The van der Waals surface area contributed by atoms with E-state index in [0.717, 1.165) is 19.4 Å². The Hall–Kier alpha value is -1.63. The summed E-state index contributed by atoms with van der Waals surface area (Å²) in [5.41, 5.74) is 0.112. The Morgan fingerprint density at radius 3 is 2.39 bits per heavy atom. The van der Waals surface area contributed by atoms with Crippen molar-refractivity contribution in [1.82, 2.24) is 25.3 Å². The normalized spacial score (nSPS) is 17.9. The molecule has 0 saturated heterocycles. The van der Waals surface area contributed by atoms with Gasteiger partial charge >= 0.3 is 6.03 Å². The van der Waals surface area contributed by atoms with Gasteiger partial charge in [-0.15, -0.1) is 0 Å². The number of rotatable bonds is 6. The minimum atomic E-state index is -0.275. The lowest BCUT2D eigenvalue weighted by molar-refractivity contribution is 0.0357. The average Bonchev–Trinajstić information content (AvgIpc) is 2.84. The van der Waals surface area contributed by atoms with Gasteiger partial charge in [0.1, 0.15) is 6.04 Å². The van der Waals surface area contributed by atoms with Crippen LogP contribution < -0.4 is 5.32 Å². The number of likely N-dealkylation sites (N-methyl/N-ethyl adjacent to an activating group) is 2. The molecule has 7 nitrogen and oxygen atoms in total. The van der Waals surface area contributed by atoms with Crippen LogP contribution >= 0.6 is 0 Å². The smallest absolute Gasteiger partial charge is 0.317 e. The maximum Gasteiger partial charge on any atom is 0.317 e. The van der Waals surface area contributed by atoms with E-state index in [2.05, 4.69) is 34.5 Å². The molecular formula is C16H29N5O2. The summed E-state index contributed by atoms with van der Waals surface area (Å²) in [4.78, 5) is 20.8. The van der Waals surface area contributed by atoms with Gasteiger partial charge in [0.15, 0.2) is 5.82 Å². The fourth-order valence-electron chi connectivity index (χ4n) is 3.04. The summed E-state index contributed by atoms with van der Waals surface area (Å²) in [5, 5.41) is 6.85. The molecule has 1 aliphatic carbocycles.